The maximum atomic E-state index is 9.63. The Bertz CT molecular complexity index is 750. The van der Waals surface area contributed by atoms with E-state index in [0.717, 1.165) is 5.56 Å². The molecule has 1 aromatic heterocycles. The molecule has 0 aliphatic heterocycles. The van der Waals surface area contributed by atoms with Gasteiger partial charge in [-0.3, -0.25) is 0 Å². The molecule has 0 amide bonds. The van der Waals surface area contributed by atoms with Crippen molar-refractivity contribution in [3.8, 4) is 11.5 Å². The minimum Gasteiger partial charge on any atom is -1.00 e. The molecule has 0 unspecified atom stereocenters. The molecular weight excluding hydrogens is 291 g/mol. The summed E-state index contributed by atoms with van der Waals surface area (Å²) in [5.74, 6) is 0.862. The van der Waals surface area contributed by atoms with E-state index in [1.54, 1.807) is 30.6 Å². The molecule has 0 spiro atoms. The van der Waals surface area contributed by atoms with Gasteiger partial charge in [-0.1, -0.05) is 24.3 Å². The van der Waals surface area contributed by atoms with Gasteiger partial charge in [0, 0.05) is 15.6 Å². The van der Waals surface area contributed by atoms with Crippen LogP contribution >= 0.6 is 11.3 Å². The van der Waals surface area contributed by atoms with Crippen LogP contribution in [0.5, 0.6) is 11.5 Å². The number of fused-ring (bicyclic) bond motifs is 1. The summed E-state index contributed by atoms with van der Waals surface area (Å²) in [6, 6.07) is 15.7. The molecule has 1 heterocycles. The fourth-order valence-corrected chi connectivity index (χ4v) is 3.05. The number of aromatic hydroxyl groups is 1. The second-order valence-corrected chi connectivity index (χ2v) is 5.60. The summed E-state index contributed by atoms with van der Waals surface area (Å²) in [5, 5.41) is 10.9. The number of ether oxygens (including phenoxy) is 1. The third-order valence-corrected chi connectivity index (χ3v) is 4.12. The number of phenols is 1. The number of benzene rings is 2. The van der Waals surface area contributed by atoms with Gasteiger partial charge < -0.3 is 11.3 Å². The molecule has 3 rings (SSSR count). The van der Waals surface area contributed by atoms with Gasteiger partial charge in [0.05, 0.1) is 7.11 Å². The first-order valence-electron chi connectivity index (χ1n) is 6.29. The molecule has 0 saturated heterocycles. The van der Waals surface area contributed by atoms with Crippen molar-refractivity contribution in [1.29, 1.82) is 0 Å². The van der Waals surface area contributed by atoms with Gasteiger partial charge >= 0.3 is 29.6 Å². The SMILES string of the molecule is COc1cc(O)cc(/C=C/c2cc3ccccc3s2)c1.[H-].[Na+]. The molecule has 0 aliphatic rings. The Balaban J connectivity index is 0.00000121. The summed E-state index contributed by atoms with van der Waals surface area (Å²) in [5.41, 5.74) is 0.916. The van der Waals surface area contributed by atoms with Crippen molar-refractivity contribution in [3.63, 3.8) is 0 Å². The first-order valence-corrected chi connectivity index (χ1v) is 7.11. The average molecular weight is 306 g/mol. The van der Waals surface area contributed by atoms with Crippen molar-refractivity contribution < 1.29 is 40.8 Å². The van der Waals surface area contributed by atoms with E-state index in [4.69, 9.17) is 4.74 Å². The van der Waals surface area contributed by atoms with E-state index in [-0.39, 0.29) is 36.7 Å². The number of phenolic OH excluding ortho intramolecular Hbond substituents is 1. The quantitative estimate of drug-likeness (QED) is 0.749. The number of thiophene rings is 1. The molecule has 4 heteroatoms. The van der Waals surface area contributed by atoms with E-state index in [2.05, 4.69) is 24.3 Å². The monoisotopic (exact) mass is 306 g/mol. The Kier molecular flexibility index (Phi) is 5.48. The predicted molar refractivity (Wildman–Crippen MR) is 86.5 cm³/mol. The molecule has 0 fully saturated rings. The van der Waals surface area contributed by atoms with Crippen LogP contribution in [0, 0.1) is 0 Å². The number of rotatable bonds is 3. The van der Waals surface area contributed by atoms with E-state index < -0.39 is 0 Å². The van der Waals surface area contributed by atoms with Crippen LogP contribution in [0.4, 0.5) is 0 Å². The van der Waals surface area contributed by atoms with E-state index in [1.165, 1.54) is 15.0 Å². The number of hydrogen-bond acceptors (Lipinski definition) is 3. The molecule has 0 aliphatic carbocycles. The van der Waals surface area contributed by atoms with Gasteiger partial charge in [0.15, 0.2) is 0 Å². The van der Waals surface area contributed by atoms with Crippen LogP contribution in [-0.4, -0.2) is 12.2 Å². The zero-order chi connectivity index (χ0) is 13.9. The van der Waals surface area contributed by atoms with Gasteiger partial charge in [-0.15, -0.1) is 11.3 Å². The van der Waals surface area contributed by atoms with E-state index in [9.17, 15) is 5.11 Å². The molecule has 0 bridgehead atoms. The molecule has 21 heavy (non-hydrogen) atoms. The van der Waals surface area contributed by atoms with Gasteiger partial charge in [-0.05, 0) is 41.3 Å². The topological polar surface area (TPSA) is 29.5 Å². The molecule has 3 aromatic rings. The first kappa shape index (κ1) is 16.1. The fourth-order valence-electron chi connectivity index (χ4n) is 2.08. The molecule has 0 saturated carbocycles. The van der Waals surface area contributed by atoms with Crippen LogP contribution in [0.1, 0.15) is 11.9 Å². The Morgan fingerprint density at radius 3 is 2.67 bits per heavy atom. The summed E-state index contributed by atoms with van der Waals surface area (Å²) >= 11 is 1.75. The van der Waals surface area contributed by atoms with Crippen LogP contribution in [0.15, 0.2) is 48.5 Å². The van der Waals surface area contributed by atoms with Crippen LogP contribution in [0.25, 0.3) is 22.2 Å². The molecule has 0 radical (unpaired) electrons. The predicted octanol–water partition coefficient (Wildman–Crippen LogP) is 1.90. The zero-order valence-corrected chi connectivity index (χ0v) is 14.9. The smallest absolute Gasteiger partial charge is 1.00 e. The molecule has 0 atom stereocenters. The second-order valence-electron chi connectivity index (χ2n) is 4.48. The van der Waals surface area contributed by atoms with Crippen molar-refractivity contribution in [3.05, 3.63) is 59.0 Å². The third-order valence-electron chi connectivity index (χ3n) is 3.03. The van der Waals surface area contributed by atoms with E-state index in [1.807, 2.05) is 24.3 Å². The Labute approximate surface area is 151 Å². The van der Waals surface area contributed by atoms with E-state index in [0.29, 0.717) is 5.75 Å². The maximum absolute atomic E-state index is 9.63. The molecule has 2 aromatic carbocycles. The Morgan fingerprint density at radius 2 is 1.90 bits per heavy atom. The van der Waals surface area contributed by atoms with Crippen molar-refractivity contribution in [2.75, 3.05) is 7.11 Å². The van der Waals surface area contributed by atoms with Crippen molar-refractivity contribution >= 4 is 33.6 Å². The second kappa shape index (κ2) is 7.14. The summed E-state index contributed by atoms with van der Waals surface area (Å²) in [6.45, 7) is 0. The summed E-state index contributed by atoms with van der Waals surface area (Å²) in [4.78, 5) is 1.19. The minimum atomic E-state index is 0. The third kappa shape index (κ3) is 3.89. The standard InChI is InChI=1S/C17H14O2S.Na.H/c1-19-15-9-12(8-14(18)11-15)6-7-16-10-13-4-2-3-5-17(13)20-16;;/h2-11,18H,1H3;;/q;+1;-1/b7-6+;;. The van der Waals surface area contributed by atoms with Gasteiger partial charge in [0.1, 0.15) is 11.5 Å². The van der Waals surface area contributed by atoms with Gasteiger partial charge in [-0.25, -0.2) is 0 Å². The molecule has 102 valence electrons. The van der Waals surface area contributed by atoms with E-state index >= 15 is 0 Å². The van der Waals surface area contributed by atoms with Crippen LogP contribution in [0.3, 0.4) is 0 Å². The summed E-state index contributed by atoms with van der Waals surface area (Å²) < 4.78 is 6.42. The van der Waals surface area contributed by atoms with Crippen LogP contribution < -0.4 is 34.3 Å². The molecule has 2 nitrogen and oxygen atoms in total. The average Bonchev–Trinajstić information content (AvgIpc) is 2.87. The molecular formula is C17H15NaO2S. The maximum Gasteiger partial charge on any atom is 1.00 e. The fraction of sp³-hybridized carbons (Fsp3) is 0.0588. The Hall–Kier alpha value is -1.26. The first-order chi connectivity index (χ1) is 9.74. The van der Waals surface area contributed by atoms with Gasteiger partial charge in [-0.2, -0.15) is 0 Å². The van der Waals surface area contributed by atoms with Gasteiger partial charge in [0.25, 0.3) is 0 Å². The largest absolute Gasteiger partial charge is 1.00 e. The summed E-state index contributed by atoms with van der Waals surface area (Å²) in [6.07, 6.45) is 4.03. The van der Waals surface area contributed by atoms with Gasteiger partial charge in [0.2, 0.25) is 0 Å². The van der Waals surface area contributed by atoms with Crippen molar-refractivity contribution in [2.24, 2.45) is 0 Å². The zero-order valence-electron chi connectivity index (χ0n) is 13.0. The normalized spacial score (nSPS) is 10.7. The van der Waals surface area contributed by atoms with Crippen LogP contribution in [-0.2, 0) is 0 Å². The van der Waals surface area contributed by atoms with Crippen molar-refractivity contribution in [2.45, 2.75) is 0 Å². The minimum absolute atomic E-state index is 0. The van der Waals surface area contributed by atoms with Crippen molar-refractivity contribution in [1.82, 2.24) is 0 Å². The number of methoxy groups -OCH3 is 1. The molecule has 1 N–H and O–H groups in total. The van der Waals surface area contributed by atoms with Crippen LogP contribution in [0.2, 0.25) is 0 Å². The number of hydrogen-bond donors (Lipinski definition) is 1. The Morgan fingerprint density at radius 1 is 1.10 bits per heavy atom. The summed E-state index contributed by atoms with van der Waals surface area (Å²) in [7, 11) is 1.59.